The van der Waals surface area contributed by atoms with Crippen molar-refractivity contribution in [2.45, 2.75) is 90.1 Å². The highest BCUT2D eigenvalue weighted by Crippen LogP contribution is 2.37. The fourth-order valence-corrected chi connectivity index (χ4v) is 6.93. The summed E-state index contributed by atoms with van der Waals surface area (Å²) in [6, 6.07) is 5.74. The van der Waals surface area contributed by atoms with E-state index >= 15 is 4.39 Å². The SMILES string of the molecule is CC(C)c1nc(C(=O)N2CCOC3(CCN(Cc4cccc(CCO[Si](C)(C)C(C)(C)C)c4F)CC3)C2)cs1. The summed E-state index contributed by atoms with van der Waals surface area (Å²) in [6.45, 7) is 19.8. The van der Waals surface area contributed by atoms with E-state index in [4.69, 9.17) is 9.16 Å². The second-order valence-corrected chi connectivity index (χ2v) is 18.7. The molecule has 2 aromatic rings. The molecule has 9 heteroatoms. The molecule has 1 amide bonds. The van der Waals surface area contributed by atoms with Gasteiger partial charge in [-0.3, -0.25) is 9.69 Å². The maximum Gasteiger partial charge on any atom is 0.273 e. The molecule has 4 rings (SSSR count). The number of rotatable bonds is 8. The van der Waals surface area contributed by atoms with Crippen molar-refractivity contribution in [1.29, 1.82) is 0 Å². The first-order valence-corrected chi connectivity index (χ1v) is 18.1. The molecule has 1 aromatic heterocycles. The molecule has 2 fully saturated rings. The van der Waals surface area contributed by atoms with Gasteiger partial charge in [0.25, 0.3) is 5.91 Å². The Morgan fingerprint density at radius 1 is 1.21 bits per heavy atom. The van der Waals surface area contributed by atoms with Crippen molar-refractivity contribution in [2.24, 2.45) is 0 Å². The maximum absolute atomic E-state index is 15.4. The molecule has 0 aliphatic carbocycles. The number of thiazole rings is 1. The minimum absolute atomic E-state index is 0.000301. The van der Waals surface area contributed by atoms with Crippen molar-refractivity contribution in [3.63, 3.8) is 0 Å². The van der Waals surface area contributed by atoms with E-state index in [1.807, 2.05) is 28.5 Å². The van der Waals surface area contributed by atoms with Crippen LogP contribution in [0.15, 0.2) is 23.6 Å². The van der Waals surface area contributed by atoms with E-state index in [0.717, 1.165) is 42.1 Å². The number of halogens is 1. The summed E-state index contributed by atoms with van der Waals surface area (Å²) in [4.78, 5) is 22.0. The highest BCUT2D eigenvalue weighted by atomic mass is 32.1. The predicted octanol–water partition coefficient (Wildman–Crippen LogP) is 6.48. The third kappa shape index (κ3) is 7.17. The van der Waals surface area contributed by atoms with Crippen LogP contribution in [0.4, 0.5) is 4.39 Å². The fourth-order valence-electron chi connectivity index (χ4n) is 5.07. The van der Waals surface area contributed by atoms with Crippen molar-refractivity contribution in [2.75, 3.05) is 39.4 Å². The molecule has 0 radical (unpaired) electrons. The highest BCUT2D eigenvalue weighted by molar-refractivity contribution is 7.09. The van der Waals surface area contributed by atoms with Gasteiger partial charge >= 0.3 is 0 Å². The van der Waals surface area contributed by atoms with E-state index < -0.39 is 8.32 Å². The molecular formula is C30H46FN3O3SSi. The van der Waals surface area contributed by atoms with Crippen LogP contribution in [0.25, 0.3) is 0 Å². The largest absolute Gasteiger partial charge is 0.416 e. The number of amides is 1. The van der Waals surface area contributed by atoms with E-state index in [1.165, 1.54) is 0 Å². The molecule has 0 unspecified atom stereocenters. The Balaban J connectivity index is 1.31. The minimum Gasteiger partial charge on any atom is -0.416 e. The molecule has 1 spiro atoms. The van der Waals surface area contributed by atoms with Gasteiger partial charge in [0, 0.05) is 49.6 Å². The molecule has 2 aliphatic rings. The number of piperidine rings is 1. The van der Waals surface area contributed by atoms with Crippen molar-refractivity contribution in [3.05, 3.63) is 51.2 Å². The van der Waals surface area contributed by atoms with Crippen molar-refractivity contribution < 1.29 is 18.3 Å². The standard InChI is InChI=1S/C30H46FN3O3SSi/c1-22(2)27-32-25(20-38-27)28(35)34-16-18-36-30(21-34)12-14-33(15-13-30)19-24-10-8-9-23(26(24)31)11-17-37-39(6,7)29(3,4)5/h8-10,20,22H,11-19,21H2,1-7H3. The summed E-state index contributed by atoms with van der Waals surface area (Å²) in [5.74, 6) is 0.212. The van der Waals surface area contributed by atoms with Crippen LogP contribution in [0, 0.1) is 5.82 Å². The van der Waals surface area contributed by atoms with Crippen molar-refractivity contribution in [1.82, 2.24) is 14.8 Å². The van der Waals surface area contributed by atoms with Gasteiger partial charge in [0.1, 0.15) is 11.5 Å². The highest BCUT2D eigenvalue weighted by Gasteiger charge is 2.41. The number of hydrogen-bond donors (Lipinski definition) is 0. The number of ether oxygens (including phenoxy) is 1. The molecule has 39 heavy (non-hydrogen) atoms. The van der Waals surface area contributed by atoms with Crippen LogP contribution < -0.4 is 0 Å². The van der Waals surface area contributed by atoms with Crippen LogP contribution in [-0.2, 0) is 22.1 Å². The number of likely N-dealkylation sites (tertiary alicyclic amines) is 1. The average molecular weight is 576 g/mol. The number of hydrogen-bond acceptors (Lipinski definition) is 6. The van der Waals surface area contributed by atoms with Gasteiger partial charge in [-0.15, -0.1) is 11.3 Å². The zero-order valence-electron chi connectivity index (χ0n) is 24.8. The first kappa shape index (κ1) is 30.3. The molecule has 216 valence electrons. The van der Waals surface area contributed by atoms with Crippen LogP contribution in [-0.4, -0.2) is 74.0 Å². The normalized spacial score (nSPS) is 18.7. The summed E-state index contributed by atoms with van der Waals surface area (Å²) in [7, 11) is -1.85. The summed E-state index contributed by atoms with van der Waals surface area (Å²) >= 11 is 1.55. The maximum atomic E-state index is 15.4. The fraction of sp³-hybridized carbons (Fsp3) is 0.667. The Bertz CT molecular complexity index is 1140. The Labute approximate surface area is 239 Å². The molecule has 0 bridgehead atoms. The van der Waals surface area contributed by atoms with Crippen LogP contribution in [0.5, 0.6) is 0 Å². The first-order chi connectivity index (χ1) is 18.3. The topological polar surface area (TPSA) is 54.9 Å². The molecule has 6 nitrogen and oxygen atoms in total. The molecule has 1 aromatic carbocycles. The smallest absolute Gasteiger partial charge is 0.273 e. The lowest BCUT2D eigenvalue weighted by molar-refractivity contribution is -0.128. The first-order valence-electron chi connectivity index (χ1n) is 14.3. The number of benzene rings is 1. The van der Waals surface area contributed by atoms with Crippen molar-refractivity contribution >= 4 is 25.6 Å². The zero-order chi connectivity index (χ0) is 28.4. The van der Waals surface area contributed by atoms with Crippen LogP contribution in [0.2, 0.25) is 18.1 Å². The summed E-state index contributed by atoms with van der Waals surface area (Å²) in [5.41, 5.74) is 1.68. The van der Waals surface area contributed by atoms with Gasteiger partial charge in [0.15, 0.2) is 8.32 Å². The van der Waals surface area contributed by atoms with E-state index in [-0.39, 0.29) is 22.4 Å². The van der Waals surface area contributed by atoms with Gasteiger partial charge < -0.3 is 14.1 Å². The lowest BCUT2D eigenvalue weighted by atomic mass is 9.89. The third-order valence-electron chi connectivity index (χ3n) is 8.73. The van der Waals surface area contributed by atoms with Crippen LogP contribution >= 0.6 is 11.3 Å². The summed E-state index contributed by atoms with van der Waals surface area (Å²) in [6.07, 6.45) is 2.24. The Kier molecular flexibility index (Phi) is 9.38. The Morgan fingerprint density at radius 3 is 2.54 bits per heavy atom. The van der Waals surface area contributed by atoms with Gasteiger partial charge in [-0.25, -0.2) is 9.37 Å². The molecule has 0 atom stereocenters. The summed E-state index contributed by atoms with van der Waals surface area (Å²) < 4.78 is 28.0. The van der Waals surface area contributed by atoms with E-state index in [2.05, 4.69) is 57.6 Å². The Hall–Kier alpha value is -1.65. The van der Waals surface area contributed by atoms with Crippen molar-refractivity contribution in [3.8, 4) is 0 Å². The number of morpholine rings is 1. The molecule has 0 saturated carbocycles. The number of aromatic nitrogens is 1. The molecule has 3 heterocycles. The molecule has 2 saturated heterocycles. The number of carbonyl (C=O) groups is 1. The second-order valence-electron chi connectivity index (χ2n) is 13.0. The molecule has 0 N–H and O–H groups in total. The second kappa shape index (κ2) is 12.1. The molecular weight excluding hydrogens is 529 g/mol. The van der Waals surface area contributed by atoms with E-state index in [1.54, 1.807) is 11.3 Å². The predicted molar refractivity (Wildman–Crippen MR) is 159 cm³/mol. The molecule has 2 aliphatic heterocycles. The number of carbonyl (C=O) groups excluding carboxylic acids is 1. The third-order valence-corrected chi connectivity index (χ3v) is 14.4. The zero-order valence-corrected chi connectivity index (χ0v) is 26.6. The lowest BCUT2D eigenvalue weighted by Crippen LogP contribution is -2.58. The van der Waals surface area contributed by atoms with Crippen LogP contribution in [0.1, 0.15) is 80.0 Å². The lowest BCUT2D eigenvalue weighted by Gasteiger charge is -2.47. The van der Waals surface area contributed by atoms with Gasteiger partial charge in [-0.05, 0) is 43.0 Å². The van der Waals surface area contributed by atoms with Gasteiger partial charge in [0.05, 0.1) is 23.8 Å². The average Bonchev–Trinajstić information content (AvgIpc) is 3.37. The van der Waals surface area contributed by atoms with E-state index in [9.17, 15) is 4.79 Å². The monoisotopic (exact) mass is 575 g/mol. The van der Waals surface area contributed by atoms with Gasteiger partial charge in [0.2, 0.25) is 0 Å². The van der Waals surface area contributed by atoms with Crippen LogP contribution in [0.3, 0.4) is 0 Å². The quantitative estimate of drug-likeness (QED) is 0.338. The minimum atomic E-state index is -1.85. The van der Waals surface area contributed by atoms with Gasteiger partial charge in [-0.1, -0.05) is 52.8 Å². The summed E-state index contributed by atoms with van der Waals surface area (Å²) in [5, 5.41) is 3.02. The number of nitrogens with zero attached hydrogens (tertiary/aromatic N) is 3. The van der Waals surface area contributed by atoms with E-state index in [0.29, 0.717) is 50.9 Å². The van der Waals surface area contributed by atoms with Gasteiger partial charge in [-0.2, -0.15) is 0 Å². The Morgan fingerprint density at radius 2 is 1.90 bits per heavy atom.